The van der Waals surface area contributed by atoms with Gasteiger partial charge in [0.25, 0.3) is 5.56 Å². The number of nitrogens with zero attached hydrogens (tertiary/aromatic N) is 5. The number of alkyl halides is 3. The molecule has 1 atom stereocenters. The minimum atomic E-state index is -4.62. The summed E-state index contributed by atoms with van der Waals surface area (Å²) in [4.78, 5) is 59.8. The standard InChI is InChI=1S/C41H46F3N7O6/c1-48-23-30(28-8-11-45-22-29(28)40(48)55)26-19-35(56-2)31(36(20-26)57-3)24-49-14-16-51(17-15-49)38(53)18-25-9-12-50(13-10-25)34-6-4-27(21-32(34)41(42,43)44)46-33-5-7-37(52)47-39(33)54/h4,6,8,11,19-23,25,33,46H,5,7,9-10,12-18,24H2,1-3H3,(H,47,52,54). The molecule has 2 aromatic heterocycles. The zero-order valence-corrected chi connectivity index (χ0v) is 32.2. The number of aromatic nitrogens is 2. The van der Waals surface area contributed by atoms with Crippen molar-refractivity contribution < 1.29 is 37.0 Å². The molecule has 57 heavy (non-hydrogen) atoms. The van der Waals surface area contributed by atoms with E-state index in [2.05, 4.69) is 20.5 Å². The number of methoxy groups -OCH3 is 2. The second-order valence-corrected chi connectivity index (χ2v) is 14.9. The van der Waals surface area contributed by atoms with E-state index in [1.54, 1.807) is 44.8 Å². The monoisotopic (exact) mass is 789 g/mol. The molecule has 3 fully saturated rings. The maximum Gasteiger partial charge on any atom is 0.418 e. The summed E-state index contributed by atoms with van der Waals surface area (Å²) >= 11 is 0. The molecule has 3 saturated heterocycles. The largest absolute Gasteiger partial charge is 0.496 e. The van der Waals surface area contributed by atoms with Crippen LogP contribution in [0.4, 0.5) is 24.5 Å². The number of aryl methyl sites for hydroxylation is 1. The molecule has 0 bridgehead atoms. The molecule has 4 aromatic rings. The Kier molecular flexibility index (Phi) is 11.4. The van der Waals surface area contributed by atoms with Gasteiger partial charge in [-0.15, -0.1) is 0 Å². The van der Waals surface area contributed by atoms with Crippen molar-refractivity contribution in [3.05, 3.63) is 76.5 Å². The van der Waals surface area contributed by atoms with Crippen molar-refractivity contribution in [2.75, 3.05) is 63.7 Å². The quantitative estimate of drug-likeness (QED) is 0.216. The summed E-state index contributed by atoms with van der Waals surface area (Å²) in [7, 11) is 4.93. The predicted octanol–water partition coefficient (Wildman–Crippen LogP) is 4.80. The molecular formula is C41H46F3N7O6. The van der Waals surface area contributed by atoms with Crippen LogP contribution in [0, 0.1) is 5.92 Å². The van der Waals surface area contributed by atoms with Crippen molar-refractivity contribution in [2.45, 2.75) is 50.9 Å². The fourth-order valence-corrected chi connectivity index (χ4v) is 8.13. The second kappa shape index (κ2) is 16.5. The molecule has 7 rings (SSSR count). The predicted molar refractivity (Wildman–Crippen MR) is 208 cm³/mol. The number of imide groups is 1. The molecule has 302 valence electrons. The summed E-state index contributed by atoms with van der Waals surface area (Å²) in [5.74, 6) is 0.440. The first-order chi connectivity index (χ1) is 27.3. The molecule has 2 N–H and O–H groups in total. The lowest BCUT2D eigenvalue weighted by atomic mass is 9.92. The molecule has 16 heteroatoms. The van der Waals surface area contributed by atoms with Crippen molar-refractivity contribution in [2.24, 2.45) is 13.0 Å². The fraction of sp³-hybridized carbons (Fsp3) is 0.439. The summed E-state index contributed by atoms with van der Waals surface area (Å²) in [6.45, 7) is 3.69. The number of hydrogen-bond donors (Lipinski definition) is 2. The van der Waals surface area contributed by atoms with Gasteiger partial charge in [-0.1, -0.05) is 0 Å². The lowest BCUT2D eigenvalue weighted by molar-refractivity contribution is -0.137. The van der Waals surface area contributed by atoms with Crippen molar-refractivity contribution in [1.82, 2.24) is 24.7 Å². The van der Waals surface area contributed by atoms with Crippen LogP contribution in [0.15, 0.2) is 59.8 Å². The van der Waals surface area contributed by atoms with Gasteiger partial charge in [-0.2, -0.15) is 13.2 Å². The summed E-state index contributed by atoms with van der Waals surface area (Å²) in [6.07, 6.45) is 2.23. The highest BCUT2D eigenvalue weighted by molar-refractivity contribution is 6.01. The number of piperazine rings is 1. The first-order valence-electron chi connectivity index (χ1n) is 19.1. The van der Waals surface area contributed by atoms with E-state index in [1.807, 2.05) is 23.1 Å². The van der Waals surface area contributed by atoms with E-state index in [0.717, 1.165) is 28.1 Å². The first kappa shape index (κ1) is 39.6. The van der Waals surface area contributed by atoms with Crippen LogP contribution in [-0.4, -0.2) is 96.6 Å². The number of carbonyl (C=O) groups is 3. The molecule has 1 unspecified atom stereocenters. The minimum absolute atomic E-state index is 0.0483. The maximum atomic E-state index is 14.3. The Hall–Kier alpha value is -5.64. The van der Waals surface area contributed by atoms with Gasteiger partial charge in [0.2, 0.25) is 17.7 Å². The second-order valence-electron chi connectivity index (χ2n) is 14.9. The molecule has 3 aliphatic heterocycles. The van der Waals surface area contributed by atoms with Gasteiger partial charge in [0.1, 0.15) is 17.5 Å². The number of halogens is 3. The number of ether oxygens (including phenoxy) is 2. The third-order valence-electron chi connectivity index (χ3n) is 11.3. The van der Waals surface area contributed by atoms with Crippen molar-refractivity contribution in [1.29, 1.82) is 0 Å². The summed E-state index contributed by atoms with van der Waals surface area (Å²) in [6, 6.07) is 8.89. The normalized spacial score (nSPS) is 18.5. The Bertz CT molecular complexity index is 2200. The number of carbonyl (C=O) groups excluding carboxylic acids is 3. The first-order valence-corrected chi connectivity index (χ1v) is 19.1. The van der Waals surface area contributed by atoms with Gasteiger partial charge in [-0.3, -0.25) is 34.4 Å². The average molecular weight is 790 g/mol. The van der Waals surface area contributed by atoms with Crippen LogP contribution in [0.2, 0.25) is 0 Å². The van der Waals surface area contributed by atoms with Gasteiger partial charge in [-0.25, -0.2) is 0 Å². The highest BCUT2D eigenvalue weighted by atomic mass is 19.4. The van der Waals surface area contributed by atoms with E-state index in [1.165, 1.54) is 16.7 Å². The lowest BCUT2D eigenvalue weighted by Gasteiger charge is -2.38. The number of rotatable bonds is 10. The lowest BCUT2D eigenvalue weighted by Crippen LogP contribution is -2.49. The molecule has 0 aliphatic carbocycles. The smallest absolute Gasteiger partial charge is 0.418 e. The fourth-order valence-electron chi connectivity index (χ4n) is 8.13. The van der Waals surface area contributed by atoms with E-state index in [0.29, 0.717) is 82.0 Å². The third kappa shape index (κ3) is 8.55. The van der Waals surface area contributed by atoms with Crippen LogP contribution in [-0.2, 0) is 34.2 Å². The molecule has 3 amide bonds. The molecule has 0 radical (unpaired) electrons. The molecule has 2 aromatic carbocycles. The summed E-state index contributed by atoms with van der Waals surface area (Å²) in [5.41, 5.74) is 1.84. The third-order valence-corrected chi connectivity index (χ3v) is 11.3. The van der Waals surface area contributed by atoms with Crippen LogP contribution in [0.25, 0.3) is 21.9 Å². The van der Waals surface area contributed by atoms with Crippen LogP contribution < -0.4 is 30.6 Å². The Balaban J connectivity index is 0.941. The van der Waals surface area contributed by atoms with E-state index >= 15 is 0 Å². The number of hydrogen-bond acceptors (Lipinski definition) is 10. The van der Waals surface area contributed by atoms with Crippen LogP contribution in [0.5, 0.6) is 11.5 Å². The van der Waals surface area contributed by atoms with Gasteiger partial charge in [0, 0.05) is 101 Å². The van der Waals surface area contributed by atoms with Gasteiger partial charge in [-0.05, 0) is 72.5 Å². The van der Waals surface area contributed by atoms with E-state index in [-0.39, 0.29) is 41.6 Å². The van der Waals surface area contributed by atoms with Gasteiger partial charge >= 0.3 is 6.18 Å². The molecule has 3 aliphatic rings. The Morgan fingerprint density at radius 1 is 0.930 bits per heavy atom. The Labute approximate surface area is 327 Å². The average Bonchev–Trinajstić information content (AvgIpc) is 3.20. The summed E-state index contributed by atoms with van der Waals surface area (Å²) < 4.78 is 56.1. The van der Waals surface area contributed by atoms with Crippen LogP contribution in [0.1, 0.15) is 43.2 Å². The van der Waals surface area contributed by atoms with Crippen molar-refractivity contribution in [3.63, 3.8) is 0 Å². The van der Waals surface area contributed by atoms with Gasteiger partial charge in [0.05, 0.1) is 30.7 Å². The highest BCUT2D eigenvalue weighted by Crippen LogP contribution is 2.41. The number of benzene rings is 2. The highest BCUT2D eigenvalue weighted by Gasteiger charge is 2.37. The van der Waals surface area contributed by atoms with Gasteiger partial charge in [0.15, 0.2) is 0 Å². The molecule has 0 saturated carbocycles. The number of fused-ring (bicyclic) bond motifs is 1. The number of amides is 3. The zero-order chi connectivity index (χ0) is 40.4. The number of piperidine rings is 2. The Morgan fingerprint density at radius 3 is 2.28 bits per heavy atom. The Morgan fingerprint density at radius 2 is 1.63 bits per heavy atom. The molecule has 0 spiro atoms. The van der Waals surface area contributed by atoms with E-state index in [9.17, 15) is 32.3 Å². The SMILES string of the molecule is COc1cc(-c2cn(C)c(=O)c3cnccc23)cc(OC)c1CN1CCN(C(=O)CC2CCN(c3ccc(NC4CCC(=O)NC4=O)cc3C(F)(F)F)CC2)CC1. The number of pyridine rings is 2. The van der Waals surface area contributed by atoms with Crippen molar-refractivity contribution in [3.8, 4) is 22.6 Å². The zero-order valence-electron chi connectivity index (χ0n) is 32.2. The topological polar surface area (TPSA) is 138 Å². The number of nitrogens with one attached hydrogen (secondary N) is 2. The van der Waals surface area contributed by atoms with Crippen molar-refractivity contribution >= 4 is 39.9 Å². The minimum Gasteiger partial charge on any atom is -0.496 e. The van der Waals surface area contributed by atoms with Crippen LogP contribution >= 0.6 is 0 Å². The molecule has 5 heterocycles. The van der Waals surface area contributed by atoms with E-state index in [4.69, 9.17) is 9.47 Å². The summed E-state index contributed by atoms with van der Waals surface area (Å²) in [5, 5.41) is 6.35. The molecule has 13 nitrogen and oxygen atoms in total. The maximum absolute atomic E-state index is 14.3. The number of anilines is 2. The van der Waals surface area contributed by atoms with E-state index < -0.39 is 29.6 Å². The molecular weight excluding hydrogens is 743 g/mol. The van der Waals surface area contributed by atoms with Crippen LogP contribution in [0.3, 0.4) is 0 Å². The van der Waals surface area contributed by atoms with Gasteiger partial charge < -0.3 is 29.2 Å².